The standard InChI is InChI=1S/C16H19N5O/c17-6-1-7-20-16(22)8-15-10-19-12-21(15)11-14-4-2-13(9-18)3-5-14/h2-5,10,12H,1,6-8,11,17H2,(H,20,22). The molecule has 0 spiro atoms. The van der Waals surface area contributed by atoms with Crippen molar-refractivity contribution in [2.75, 3.05) is 13.1 Å². The van der Waals surface area contributed by atoms with Gasteiger partial charge in [-0.25, -0.2) is 4.98 Å². The molecule has 6 heteroatoms. The first kappa shape index (κ1) is 15.7. The second-order valence-electron chi connectivity index (χ2n) is 4.99. The lowest BCUT2D eigenvalue weighted by molar-refractivity contribution is -0.120. The summed E-state index contributed by atoms with van der Waals surface area (Å²) in [6.07, 6.45) is 4.48. The monoisotopic (exact) mass is 297 g/mol. The highest BCUT2D eigenvalue weighted by molar-refractivity contribution is 5.78. The fourth-order valence-corrected chi connectivity index (χ4v) is 2.08. The minimum atomic E-state index is -0.0324. The Bertz CT molecular complexity index is 654. The first-order chi connectivity index (χ1) is 10.7. The quantitative estimate of drug-likeness (QED) is 0.739. The number of amides is 1. The molecule has 1 heterocycles. The highest BCUT2D eigenvalue weighted by Crippen LogP contribution is 2.08. The van der Waals surface area contributed by atoms with E-state index in [1.807, 2.05) is 16.7 Å². The molecule has 2 aromatic rings. The highest BCUT2D eigenvalue weighted by atomic mass is 16.1. The van der Waals surface area contributed by atoms with Crippen molar-refractivity contribution in [1.29, 1.82) is 5.26 Å². The van der Waals surface area contributed by atoms with Gasteiger partial charge in [-0.15, -0.1) is 0 Å². The summed E-state index contributed by atoms with van der Waals surface area (Å²) in [5, 5.41) is 11.6. The lowest BCUT2D eigenvalue weighted by atomic mass is 10.1. The van der Waals surface area contributed by atoms with Gasteiger partial charge in [0.05, 0.1) is 24.4 Å². The number of hydrogen-bond donors (Lipinski definition) is 2. The second-order valence-corrected chi connectivity index (χ2v) is 4.99. The van der Waals surface area contributed by atoms with Crippen LogP contribution in [0.5, 0.6) is 0 Å². The van der Waals surface area contributed by atoms with Crippen molar-refractivity contribution in [1.82, 2.24) is 14.9 Å². The van der Waals surface area contributed by atoms with Crippen molar-refractivity contribution in [3.8, 4) is 6.07 Å². The van der Waals surface area contributed by atoms with Gasteiger partial charge in [0.2, 0.25) is 5.91 Å². The van der Waals surface area contributed by atoms with Crippen molar-refractivity contribution in [2.24, 2.45) is 5.73 Å². The number of nitrogens with one attached hydrogen (secondary N) is 1. The van der Waals surface area contributed by atoms with Gasteiger partial charge in [0, 0.05) is 25.0 Å². The molecule has 0 saturated heterocycles. The SMILES string of the molecule is N#Cc1ccc(Cn2cncc2CC(=O)NCCCN)cc1. The van der Waals surface area contributed by atoms with Gasteiger partial charge in [-0.05, 0) is 30.7 Å². The van der Waals surface area contributed by atoms with Crippen molar-refractivity contribution < 1.29 is 4.79 Å². The molecule has 0 fully saturated rings. The molecule has 0 aliphatic carbocycles. The number of hydrogen-bond acceptors (Lipinski definition) is 4. The summed E-state index contributed by atoms with van der Waals surface area (Å²) in [5.74, 6) is -0.0324. The zero-order chi connectivity index (χ0) is 15.8. The Labute approximate surface area is 129 Å². The van der Waals surface area contributed by atoms with E-state index in [9.17, 15) is 4.79 Å². The van der Waals surface area contributed by atoms with Crippen LogP contribution in [-0.4, -0.2) is 28.5 Å². The summed E-state index contributed by atoms with van der Waals surface area (Å²) in [4.78, 5) is 16.0. The fraction of sp³-hybridized carbons (Fsp3) is 0.312. The minimum absolute atomic E-state index is 0.0324. The van der Waals surface area contributed by atoms with Crippen molar-refractivity contribution in [3.63, 3.8) is 0 Å². The van der Waals surface area contributed by atoms with Crippen LogP contribution in [-0.2, 0) is 17.8 Å². The van der Waals surface area contributed by atoms with Crippen LogP contribution in [0.3, 0.4) is 0 Å². The number of aromatic nitrogens is 2. The summed E-state index contributed by atoms with van der Waals surface area (Å²) in [6, 6.07) is 9.47. The van der Waals surface area contributed by atoms with E-state index in [1.165, 1.54) is 0 Å². The number of carbonyl (C=O) groups excluding carboxylic acids is 1. The van der Waals surface area contributed by atoms with E-state index in [0.717, 1.165) is 17.7 Å². The maximum absolute atomic E-state index is 11.8. The minimum Gasteiger partial charge on any atom is -0.356 e. The molecule has 1 amide bonds. The van der Waals surface area contributed by atoms with E-state index in [-0.39, 0.29) is 5.91 Å². The fourth-order valence-electron chi connectivity index (χ4n) is 2.08. The van der Waals surface area contributed by atoms with Crippen LogP contribution in [0.4, 0.5) is 0 Å². The lowest BCUT2D eigenvalue weighted by Crippen LogP contribution is -2.28. The zero-order valence-corrected chi connectivity index (χ0v) is 12.3. The van der Waals surface area contributed by atoms with Gasteiger partial charge in [-0.2, -0.15) is 5.26 Å². The van der Waals surface area contributed by atoms with E-state index in [2.05, 4.69) is 16.4 Å². The molecule has 0 saturated carbocycles. The van der Waals surface area contributed by atoms with Crippen molar-refractivity contribution in [3.05, 3.63) is 53.6 Å². The Morgan fingerprint density at radius 2 is 2.14 bits per heavy atom. The maximum atomic E-state index is 11.8. The summed E-state index contributed by atoms with van der Waals surface area (Å²) >= 11 is 0. The lowest BCUT2D eigenvalue weighted by Gasteiger charge is -2.09. The van der Waals surface area contributed by atoms with E-state index < -0.39 is 0 Å². The third-order valence-corrected chi connectivity index (χ3v) is 3.28. The van der Waals surface area contributed by atoms with E-state index >= 15 is 0 Å². The molecular weight excluding hydrogens is 278 g/mol. The largest absolute Gasteiger partial charge is 0.356 e. The molecular formula is C16H19N5O. The first-order valence-corrected chi connectivity index (χ1v) is 7.17. The van der Waals surface area contributed by atoms with E-state index in [4.69, 9.17) is 11.0 Å². The average molecular weight is 297 g/mol. The van der Waals surface area contributed by atoms with Gasteiger partial charge in [-0.1, -0.05) is 12.1 Å². The van der Waals surface area contributed by atoms with Crippen molar-refractivity contribution >= 4 is 5.91 Å². The third kappa shape index (κ3) is 4.43. The van der Waals surface area contributed by atoms with Crippen LogP contribution in [0.2, 0.25) is 0 Å². The van der Waals surface area contributed by atoms with Crippen LogP contribution in [0.25, 0.3) is 0 Å². The Morgan fingerprint density at radius 1 is 1.36 bits per heavy atom. The van der Waals surface area contributed by atoms with Crippen LogP contribution in [0, 0.1) is 11.3 Å². The van der Waals surface area contributed by atoms with Gasteiger partial charge in [0.25, 0.3) is 0 Å². The molecule has 0 aliphatic rings. The molecule has 1 aromatic heterocycles. The Balaban J connectivity index is 1.96. The van der Waals surface area contributed by atoms with Gasteiger partial charge >= 0.3 is 0 Å². The Kier molecular flexibility index (Phi) is 5.69. The van der Waals surface area contributed by atoms with Gasteiger partial charge in [0.1, 0.15) is 0 Å². The zero-order valence-electron chi connectivity index (χ0n) is 12.3. The predicted octanol–water partition coefficient (Wildman–Crippen LogP) is 0.811. The number of nitrogens with two attached hydrogens (primary N) is 1. The maximum Gasteiger partial charge on any atom is 0.225 e. The Hall–Kier alpha value is -2.65. The molecule has 0 aliphatic heterocycles. The van der Waals surface area contributed by atoms with Crippen LogP contribution in [0.1, 0.15) is 23.2 Å². The molecule has 0 unspecified atom stereocenters. The molecule has 2 rings (SSSR count). The molecule has 3 N–H and O–H groups in total. The molecule has 1 aromatic carbocycles. The van der Waals surface area contributed by atoms with Crippen LogP contribution >= 0.6 is 0 Å². The molecule has 114 valence electrons. The smallest absolute Gasteiger partial charge is 0.225 e. The molecule has 6 nitrogen and oxygen atoms in total. The number of benzene rings is 1. The van der Waals surface area contributed by atoms with Gasteiger partial charge in [-0.3, -0.25) is 4.79 Å². The number of rotatable bonds is 7. The Morgan fingerprint density at radius 3 is 2.82 bits per heavy atom. The summed E-state index contributed by atoms with van der Waals surface area (Å²) in [6.45, 7) is 1.78. The number of imidazole rings is 1. The molecule has 0 atom stereocenters. The predicted molar refractivity (Wildman–Crippen MR) is 82.9 cm³/mol. The molecule has 22 heavy (non-hydrogen) atoms. The number of carbonyl (C=O) groups is 1. The third-order valence-electron chi connectivity index (χ3n) is 3.28. The van der Waals surface area contributed by atoms with Gasteiger partial charge in [0.15, 0.2) is 0 Å². The van der Waals surface area contributed by atoms with E-state index in [1.54, 1.807) is 24.7 Å². The number of nitriles is 1. The van der Waals surface area contributed by atoms with Crippen LogP contribution in [0.15, 0.2) is 36.8 Å². The topological polar surface area (TPSA) is 96.7 Å². The summed E-state index contributed by atoms with van der Waals surface area (Å²) in [5.41, 5.74) is 7.94. The summed E-state index contributed by atoms with van der Waals surface area (Å²) < 4.78 is 1.93. The second kappa shape index (κ2) is 7.96. The average Bonchev–Trinajstić information content (AvgIpc) is 2.95. The highest BCUT2D eigenvalue weighted by Gasteiger charge is 2.08. The van der Waals surface area contributed by atoms with Crippen molar-refractivity contribution in [2.45, 2.75) is 19.4 Å². The molecule has 0 radical (unpaired) electrons. The van der Waals surface area contributed by atoms with E-state index in [0.29, 0.717) is 31.6 Å². The van der Waals surface area contributed by atoms with Gasteiger partial charge < -0.3 is 15.6 Å². The molecule has 0 bridgehead atoms. The normalized spacial score (nSPS) is 10.2. The first-order valence-electron chi connectivity index (χ1n) is 7.17. The summed E-state index contributed by atoms with van der Waals surface area (Å²) in [7, 11) is 0. The van der Waals surface area contributed by atoms with Crippen LogP contribution < -0.4 is 11.1 Å². The number of nitrogens with zero attached hydrogens (tertiary/aromatic N) is 3.